The van der Waals surface area contributed by atoms with Gasteiger partial charge < -0.3 is 9.84 Å². The second-order valence-corrected chi connectivity index (χ2v) is 7.43. The van der Waals surface area contributed by atoms with E-state index in [0.717, 1.165) is 0 Å². The third kappa shape index (κ3) is 0.830. The van der Waals surface area contributed by atoms with Crippen molar-refractivity contribution in [2.24, 2.45) is 21.7 Å². The largest absolute Gasteiger partial charge is 0.461 e. The zero-order chi connectivity index (χ0) is 13.8. The predicted molar refractivity (Wildman–Crippen MR) is 66.0 cm³/mol. The summed E-state index contributed by atoms with van der Waals surface area (Å²) in [6.45, 7) is 6.06. The van der Waals surface area contributed by atoms with Crippen molar-refractivity contribution < 1.29 is 19.4 Å². The third-order valence-electron chi connectivity index (χ3n) is 6.57. The van der Waals surface area contributed by atoms with E-state index in [2.05, 4.69) is 0 Å². The normalized spacial score (nSPS) is 58.1. The number of hydrogen-bond donors (Lipinski definition) is 1. The second-order valence-electron chi connectivity index (χ2n) is 7.43. The van der Waals surface area contributed by atoms with Gasteiger partial charge in [0.2, 0.25) is 0 Å². The van der Waals surface area contributed by atoms with E-state index in [1.54, 1.807) is 0 Å². The number of carbonyl (C=O) groups is 2. The van der Waals surface area contributed by atoms with Crippen LogP contribution in [0, 0.1) is 21.7 Å². The highest BCUT2D eigenvalue weighted by atomic mass is 16.5. The van der Waals surface area contributed by atoms with E-state index in [0.29, 0.717) is 18.4 Å². The molecule has 19 heavy (non-hydrogen) atoms. The van der Waals surface area contributed by atoms with Gasteiger partial charge in [0.1, 0.15) is 12.4 Å². The summed E-state index contributed by atoms with van der Waals surface area (Å²) in [4.78, 5) is 25.0. The number of rotatable bonds is 0. The monoisotopic (exact) mass is 262 g/mol. The number of aliphatic hydroxyl groups is 1. The Balaban J connectivity index is 2.13. The Hall–Kier alpha value is -1.16. The summed E-state index contributed by atoms with van der Waals surface area (Å²) in [5, 5.41) is 10.6. The summed E-state index contributed by atoms with van der Waals surface area (Å²) >= 11 is 0. The van der Waals surface area contributed by atoms with E-state index in [1.807, 2.05) is 26.8 Å². The van der Waals surface area contributed by atoms with Crippen LogP contribution in [-0.2, 0) is 14.3 Å². The SMILES string of the molecule is C[C@]12C=C3C(=O)OC[C@]34[C@@](C)(C[C@H](O)[C@]4(C)C1)C2=O. The van der Waals surface area contributed by atoms with Gasteiger partial charge in [0.05, 0.1) is 11.5 Å². The molecule has 1 saturated heterocycles. The van der Waals surface area contributed by atoms with Gasteiger partial charge in [-0.05, 0) is 19.8 Å². The topological polar surface area (TPSA) is 63.6 Å². The van der Waals surface area contributed by atoms with Crippen LogP contribution in [0.1, 0.15) is 33.6 Å². The summed E-state index contributed by atoms with van der Waals surface area (Å²) in [5.74, 6) is -0.138. The Labute approximate surface area is 111 Å². The molecule has 4 bridgehead atoms. The van der Waals surface area contributed by atoms with Crippen molar-refractivity contribution in [1.82, 2.24) is 0 Å². The molecule has 0 radical (unpaired) electrons. The quantitative estimate of drug-likeness (QED) is 0.667. The molecule has 0 aromatic rings. The van der Waals surface area contributed by atoms with Crippen molar-refractivity contribution >= 4 is 11.8 Å². The first kappa shape index (κ1) is 11.6. The van der Waals surface area contributed by atoms with Gasteiger partial charge in [-0.3, -0.25) is 4.79 Å². The molecule has 4 heteroatoms. The van der Waals surface area contributed by atoms with Crippen LogP contribution < -0.4 is 0 Å². The maximum absolute atomic E-state index is 12.9. The lowest BCUT2D eigenvalue weighted by molar-refractivity contribution is -0.162. The van der Waals surface area contributed by atoms with Crippen LogP contribution in [0.4, 0.5) is 0 Å². The van der Waals surface area contributed by atoms with Gasteiger partial charge in [-0.2, -0.15) is 0 Å². The van der Waals surface area contributed by atoms with Gasteiger partial charge in [0, 0.05) is 21.8 Å². The molecule has 1 aliphatic heterocycles. The molecule has 1 heterocycles. The molecule has 0 amide bonds. The number of hydrogen-bond acceptors (Lipinski definition) is 4. The van der Waals surface area contributed by atoms with Gasteiger partial charge in [-0.15, -0.1) is 0 Å². The maximum atomic E-state index is 12.9. The van der Waals surface area contributed by atoms with Crippen LogP contribution in [0.5, 0.6) is 0 Å². The molecule has 3 fully saturated rings. The van der Waals surface area contributed by atoms with E-state index in [-0.39, 0.29) is 18.4 Å². The lowest BCUT2D eigenvalue weighted by Crippen LogP contribution is -2.64. The van der Waals surface area contributed by atoms with Crippen LogP contribution in [0.3, 0.4) is 0 Å². The number of aliphatic hydroxyl groups excluding tert-OH is 1. The van der Waals surface area contributed by atoms with Crippen molar-refractivity contribution in [3.8, 4) is 0 Å². The summed E-state index contributed by atoms with van der Waals surface area (Å²) in [6, 6.07) is 0. The molecule has 5 aliphatic rings. The minimum Gasteiger partial charge on any atom is -0.461 e. The third-order valence-corrected chi connectivity index (χ3v) is 6.57. The minimum absolute atomic E-state index is 0.163. The number of Topliss-reactive ketones (excluding diaryl/α,β-unsaturated/α-hetero) is 1. The molecule has 4 nitrogen and oxygen atoms in total. The average Bonchev–Trinajstić information content (AvgIpc) is 2.72. The van der Waals surface area contributed by atoms with Crippen molar-refractivity contribution in [1.29, 1.82) is 0 Å². The van der Waals surface area contributed by atoms with Gasteiger partial charge in [-0.1, -0.05) is 19.9 Å². The Kier molecular flexibility index (Phi) is 1.63. The first-order chi connectivity index (χ1) is 8.71. The number of esters is 1. The number of ether oxygens (including phenoxy) is 1. The summed E-state index contributed by atoms with van der Waals surface area (Å²) in [6.07, 6.45) is 2.31. The van der Waals surface area contributed by atoms with Crippen LogP contribution in [-0.4, -0.2) is 29.6 Å². The first-order valence-electron chi connectivity index (χ1n) is 6.85. The molecule has 5 atom stereocenters. The standard InChI is InChI=1S/C15H18O4/c1-12-4-8-10(17)19-7-15(8)13(2,11(12)18)5-9(16)14(15,3)6-12/h4,9,16H,5-7H2,1-3H3/t9-,12-,13-,14-,15+/m0/s1. The Morgan fingerprint density at radius 3 is 2.68 bits per heavy atom. The fourth-order valence-electron chi connectivity index (χ4n) is 5.78. The molecular weight excluding hydrogens is 244 g/mol. The van der Waals surface area contributed by atoms with E-state index >= 15 is 0 Å². The number of carbonyl (C=O) groups excluding carboxylic acids is 2. The molecule has 2 saturated carbocycles. The Morgan fingerprint density at radius 2 is 2.00 bits per heavy atom. The smallest absolute Gasteiger partial charge is 0.334 e. The molecule has 0 aromatic heterocycles. The Morgan fingerprint density at radius 1 is 1.32 bits per heavy atom. The van der Waals surface area contributed by atoms with E-state index < -0.39 is 27.8 Å². The van der Waals surface area contributed by atoms with Gasteiger partial charge >= 0.3 is 5.97 Å². The van der Waals surface area contributed by atoms with Gasteiger partial charge in [0.15, 0.2) is 0 Å². The summed E-state index contributed by atoms with van der Waals surface area (Å²) < 4.78 is 5.30. The van der Waals surface area contributed by atoms with E-state index in [4.69, 9.17) is 4.74 Å². The molecule has 1 N–H and O–H groups in total. The van der Waals surface area contributed by atoms with E-state index in [1.165, 1.54) is 0 Å². The van der Waals surface area contributed by atoms with Gasteiger partial charge in [-0.25, -0.2) is 4.79 Å². The molecule has 0 unspecified atom stereocenters. The molecule has 5 rings (SSSR count). The van der Waals surface area contributed by atoms with Crippen LogP contribution in [0.25, 0.3) is 0 Å². The van der Waals surface area contributed by atoms with Crippen molar-refractivity contribution in [2.45, 2.75) is 39.7 Å². The molecule has 1 spiro atoms. The highest BCUT2D eigenvalue weighted by Gasteiger charge is 2.82. The number of allylic oxidation sites excluding steroid dienone is 1. The summed E-state index contributed by atoms with van der Waals surface area (Å²) in [5.41, 5.74) is -1.74. The van der Waals surface area contributed by atoms with E-state index in [9.17, 15) is 14.7 Å². The van der Waals surface area contributed by atoms with Gasteiger partial charge in [0.25, 0.3) is 0 Å². The fraction of sp³-hybridized carbons (Fsp3) is 0.733. The van der Waals surface area contributed by atoms with Crippen molar-refractivity contribution in [3.63, 3.8) is 0 Å². The highest BCUT2D eigenvalue weighted by Crippen LogP contribution is 2.78. The zero-order valence-corrected chi connectivity index (χ0v) is 11.4. The molecular formula is C15H18O4. The van der Waals surface area contributed by atoms with Crippen molar-refractivity contribution in [2.75, 3.05) is 6.61 Å². The molecule has 4 aliphatic carbocycles. The lowest BCUT2D eigenvalue weighted by Gasteiger charge is -2.60. The average molecular weight is 262 g/mol. The van der Waals surface area contributed by atoms with Crippen molar-refractivity contribution in [3.05, 3.63) is 11.6 Å². The highest BCUT2D eigenvalue weighted by molar-refractivity contribution is 6.04. The second kappa shape index (κ2) is 2.66. The zero-order valence-electron chi connectivity index (χ0n) is 11.4. The number of cyclic esters (lactones) is 1. The number of ketones is 1. The van der Waals surface area contributed by atoms with Crippen LogP contribution in [0.15, 0.2) is 11.6 Å². The molecule has 0 aromatic carbocycles. The van der Waals surface area contributed by atoms with Crippen LogP contribution in [0.2, 0.25) is 0 Å². The maximum Gasteiger partial charge on any atom is 0.334 e. The Bertz CT molecular complexity index is 579. The minimum atomic E-state index is -0.676. The summed E-state index contributed by atoms with van der Waals surface area (Å²) in [7, 11) is 0. The van der Waals surface area contributed by atoms with Crippen LogP contribution >= 0.6 is 0 Å². The fourth-order valence-corrected chi connectivity index (χ4v) is 5.78. The predicted octanol–water partition coefficient (Wildman–Crippen LogP) is 1.23. The first-order valence-corrected chi connectivity index (χ1v) is 6.85. The lowest BCUT2D eigenvalue weighted by atomic mass is 9.39. The molecule has 102 valence electrons.